The summed E-state index contributed by atoms with van der Waals surface area (Å²) in [6.45, 7) is 3.86. The summed E-state index contributed by atoms with van der Waals surface area (Å²) in [6, 6.07) is 6.61. The Hall–Kier alpha value is -1.92. The first-order chi connectivity index (χ1) is 11.5. The lowest BCUT2D eigenvalue weighted by Crippen LogP contribution is -2.49. The van der Waals surface area contributed by atoms with Crippen LogP contribution in [0.1, 0.15) is 16.1 Å². The zero-order valence-corrected chi connectivity index (χ0v) is 14.3. The Balaban J connectivity index is 1.49. The van der Waals surface area contributed by atoms with E-state index in [9.17, 15) is 9.18 Å². The lowest BCUT2D eigenvalue weighted by Gasteiger charge is -2.34. The summed E-state index contributed by atoms with van der Waals surface area (Å²) in [5.41, 5.74) is 1.44. The molecule has 2 aromatic rings. The van der Waals surface area contributed by atoms with Gasteiger partial charge in [0.05, 0.1) is 5.02 Å². The van der Waals surface area contributed by atoms with Crippen LogP contribution in [0.5, 0.6) is 0 Å². The minimum atomic E-state index is -0.209. The van der Waals surface area contributed by atoms with Crippen LogP contribution in [0.15, 0.2) is 30.5 Å². The van der Waals surface area contributed by atoms with Crippen LogP contribution < -0.4 is 0 Å². The Morgan fingerprint density at radius 2 is 1.88 bits per heavy atom. The standard InChI is InChI=1S/C17H20ClFN4O/c1-21-12-15(18)16(20-21)17(24)23-10-8-22(9-11-23)7-6-13-2-4-14(19)5-3-13/h2-5,12H,6-11H2,1H3. The molecule has 128 valence electrons. The predicted molar refractivity (Wildman–Crippen MR) is 90.7 cm³/mol. The summed E-state index contributed by atoms with van der Waals surface area (Å²) >= 11 is 6.05. The number of carbonyl (C=O) groups is 1. The molecular formula is C17H20ClFN4O. The largest absolute Gasteiger partial charge is 0.335 e. The summed E-state index contributed by atoms with van der Waals surface area (Å²) in [7, 11) is 1.75. The molecule has 0 atom stereocenters. The highest BCUT2D eigenvalue weighted by Crippen LogP contribution is 2.16. The zero-order valence-electron chi connectivity index (χ0n) is 13.6. The van der Waals surface area contributed by atoms with Gasteiger partial charge in [0, 0.05) is 46.0 Å². The van der Waals surface area contributed by atoms with Crippen molar-refractivity contribution in [2.45, 2.75) is 6.42 Å². The van der Waals surface area contributed by atoms with Gasteiger partial charge in [-0.3, -0.25) is 14.4 Å². The average molecular weight is 351 g/mol. The van der Waals surface area contributed by atoms with E-state index in [0.717, 1.165) is 31.6 Å². The molecule has 1 aromatic heterocycles. The number of hydrogen-bond acceptors (Lipinski definition) is 3. The van der Waals surface area contributed by atoms with Crippen molar-refractivity contribution in [3.05, 3.63) is 52.6 Å². The van der Waals surface area contributed by atoms with Gasteiger partial charge in [-0.1, -0.05) is 23.7 Å². The van der Waals surface area contributed by atoms with E-state index >= 15 is 0 Å². The first kappa shape index (κ1) is 16.9. The van der Waals surface area contributed by atoms with Crippen molar-refractivity contribution in [3.63, 3.8) is 0 Å². The second kappa shape index (κ2) is 7.32. The first-order valence-corrected chi connectivity index (χ1v) is 8.36. The maximum atomic E-state index is 12.9. The van der Waals surface area contributed by atoms with Crippen molar-refractivity contribution in [1.82, 2.24) is 19.6 Å². The Labute approximate surface area is 145 Å². The summed E-state index contributed by atoms with van der Waals surface area (Å²) < 4.78 is 14.5. The van der Waals surface area contributed by atoms with Crippen molar-refractivity contribution < 1.29 is 9.18 Å². The lowest BCUT2D eigenvalue weighted by atomic mass is 10.1. The van der Waals surface area contributed by atoms with Crippen LogP contribution in [0.25, 0.3) is 0 Å². The molecule has 24 heavy (non-hydrogen) atoms. The third kappa shape index (κ3) is 3.94. The number of carbonyl (C=O) groups excluding carboxylic acids is 1. The molecule has 1 aliphatic rings. The molecule has 0 unspecified atom stereocenters. The molecule has 1 fully saturated rings. The smallest absolute Gasteiger partial charge is 0.276 e. The molecular weight excluding hydrogens is 331 g/mol. The van der Waals surface area contributed by atoms with E-state index in [1.54, 1.807) is 22.8 Å². The zero-order chi connectivity index (χ0) is 17.1. The van der Waals surface area contributed by atoms with Crippen LogP contribution in [-0.2, 0) is 13.5 Å². The van der Waals surface area contributed by atoms with Crippen LogP contribution in [0, 0.1) is 5.82 Å². The number of rotatable bonds is 4. The molecule has 5 nitrogen and oxygen atoms in total. The van der Waals surface area contributed by atoms with Gasteiger partial charge in [0.1, 0.15) is 5.82 Å². The van der Waals surface area contributed by atoms with Gasteiger partial charge in [0.15, 0.2) is 5.69 Å². The van der Waals surface area contributed by atoms with Crippen molar-refractivity contribution >= 4 is 17.5 Å². The van der Waals surface area contributed by atoms with E-state index in [0.29, 0.717) is 23.8 Å². The molecule has 0 N–H and O–H groups in total. The summed E-state index contributed by atoms with van der Waals surface area (Å²) in [5, 5.41) is 4.53. The Kier molecular flexibility index (Phi) is 5.16. The molecule has 0 aliphatic carbocycles. The average Bonchev–Trinajstić information content (AvgIpc) is 2.92. The highest BCUT2D eigenvalue weighted by atomic mass is 35.5. The van der Waals surface area contributed by atoms with Gasteiger partial charge in [-0.15, -0.1) is 0 Å². The Morgan fingerprint density at radius 3 is 2.46 bits per heavy atom. The topological polar surface area (TPSA) is 41.4 Å². The third-order valence-corrected chi connectivity index (χ3v) is 4.55. The number of nitrogens with zero attached hydrogens (tertiary/aromatic N) is 4. The van der Waals surface area contributed by atoms with Crippen LogP contribution in [0.2, 0.25) is 5.02 Å². The first-order valence-electron chi connectivity index (χ1n) is 7.98. The number of piperazine rings is 1. The van der Waals surface area contributed by atoms with Crippen LogP contribution in [-0.4, -0.2) is 58.2 Å². The molecule has 7 heteroatoms. The van der Waals surface area contributed by atoms with Gasteiger partial charge in [0.25, 0.3) is 5.91 Å². The van der Waals surface area contributed by atoms with E-state index in [4.69, 9.17) is 11.6 Å². The predicted octanol–water partition coefficient (Wildman–Crippen LogP) is 2.21. The lowest BCUT2D eigenvalue weighted by molar-refractivity contribution is 0.0632. The van der Waals surface area contributed by atoms with Crippen LogP contribution in [0.4, 0.5) is 4.39 Å². The van der Waals surface area contributed by atoms with Crippen LogP contribution >= 0.6 is 11.6 Å². The second-order valence-electron chi connectivity index (χ2n) is 6.01. The van der Waals surface area contributed by atoms with Crippen molar-refractivity contribution in [2.75, 3.05) is 32.7 Å². The molecule has 1 amide bonds. The highest BCUT2D eigenvalue weighted by molar-refractivity contribution is 6.33. The molecule has 3 rings (SSSR count). The molecule has 0 radical (unpaired) electrons. The van der Waals surface area contributed by atoms with E-state index in [1.165, 1.54) is 12.1 Å². The van der Waals surface area contributed by atoms with Crippen molar-refractivity contribution in [2.24, 2.45) is 7.05 Å². The number of aryl methyl sites for hydroxylation is 1. The van der Waals surface area contributed by atoms with E-state index in [-0.39, 0.29) is 11.7 Å². The quantitative estimate of drug-likeness (QED) is 0.849. The minimum absolute atomic E-state index is 0.112. The number of halogens is 2. The van der Waals surface area contributed by atoms with Crippen molar-refractivity contribution in [3.8, 4) is 0 Å². The maximum absolute atomic E-state index is 12.9. The minimum Gasteiger partial charge on any atom is -0.335 e. The fourth-order valence-corrected chi connectivity index (χ4v) is 3.13. The number of hydrogen-bond donors (Lipinski definition) is 0. The number of aromatic nitrogens is 2. The second-order valence-corrected chi connectivity index (χ2v) is 6.42. The molecule has 0 bridgehead atoms. The van der Waals surface area contributed by atoms with Gasteiger partial charge in [-0.2, -0.15) is 5.10 Å². The monoisotopic (exact) mass is 350 g/mol. The van der Waals surface area contributed by atoms with Gasteiger partial charge >= 0.3 is 0 Å². The molecule has 1 aromatic carbocycles. The molecule has 0 saturated carbocycles. The van der Waals surface area contributed by atoms with Crippen LogP contribution in [0.3, 0.4) is 0 Å². The number of amides is 1. The molecule has 1 saturated heterocycles. The Bertz CT molecular complexity index is 708. The molecule has 0 spiro atoms. The normalized spacial score (nSPS) is 15.7. The molecule has 2 heterocycles. The SMILES string of the molecule is Cn1cc(Cl)c(C(=O)N2CCN(CCc3ccc(F)cc3)CC2)n1. The van der Waals surface area contributed by atoms with Gasteiger partial charge in [-0.25, -0.2) is 4.39 Å². The third-order valence-electron chi connectivity index (χ3n) is 4.28. The summed E-state index contributed by atoms with van der Waals surface area (Å²) in [5.74, 6) is -0.321. The van der Waals surface area contributed by atoms with Crippen molar-refractivity contribution in [1.29, 1.82) is 0 Å². The fraction of sp³-hybridized carbons (Fsp3) is 0.412. The molecule has 1 aliphatic heterocycles. The van der Waals surface area contributed by atoms with E-state index in [1.807, 2.05) is 12.1 Å². The summed E-state index contributed by atoms with van der Waals surface area (Å²) in [6.07, 6.45) is 2.51. The van der Waals surface area contributed by atoms with E-state index in [2.05, 4.69) is 10.00 Å². The summed E-state index contributed by atoms with van der Waals surface area (Å²) in [4.78, 5) is 16.6. The van der Waals surface area contributed by atoms with Gasteiger partial charge < -0.3 is 4.90 Å². The highest BCUT2D eigenvalue weighted by Gasteiger charge is 2.25. The Morgan fingerprint density at radius 1 is 1.21 bits per heavy atom. The van der Waals surface area contributed by atoms with E-state index < -0.39 is 0 Å². The maximum Gasteiger partial charge on any atom is 0.276 e. The van der Waals surface area contributed by atoms with Gasteiger partial charge in [-0.05, 0) is 24.1 Å². The van der Waals surface area contributed by atoms with Gasteiger partial charge in [0.2, 0.25) is 0 Å². The fourth-order valence-electron chi connectivity index (χ4n) is 2.87. The number of benzene rings is 1.